The molecule has 0 aliphatic carbocycles. The van der Waals surface area contributed by atoms with Crippen LogP contribution in [0.3, 0.4) is 0 Å². The minimum Gasteiger partial charge on any atom is -0.465 e. The number of nitrogens with one attached hydrogen (secondary N) is 1. The first-order valence-electron chi connectivity index (χ1n) is 10.0. The first kappa shape index (κ1) is 20.8. The van der Waals surface area contributed by atoms with E-state index in [1.807, 2.05) is 6.07 Å². The lowest BCUT2D eigenvalue weighted by atomic mass is 9.96. The Morgan fingerprint density at radius 1 is 1.07 bits per heavy atom. The summed E-state index contributed by atoms with van der Waals surface area (Å²) < 4.78 is 4.68. The van der Waals surface area contributed by atoms with Crippen molar-refractivity contribution in [3.63, 3.8) is 0 Å². The first-order valence-corrected chi connectivity index (χ1v) is 10.0. The van der Waals surface area contributed by atoms with Crippen molar-refractivity contribution in [2.24, 2.45) is 5.92 Å². The van der Waals surface area contributed by atoms with Gasteiger partial charge in [-0.05, 0) is 61.2 Å². The van der Waals surface area contributed by atoms with Gasteiger partial charge in [-0.3, -0.25) is 9.69 Å². The number of methoxy groups -OCH3 is 1. The van der Waals surface area contributed by atoms with Gasteiger partial charge in [0.1, 0.15) is 0 Å². The zero-order valence-corrected chi connectivity index (χ0v) is 16.8. The van der Waals surface area contributed by atoms with Gasteiger partial charge in [0, 0.05) is 19.2 Å². The predicted molar refractivity (Wildman–Crippen MR) is 114 cm³/mol. The van der Waals surface area contributed by atoms with Gasteiger partial charge in [0.25, 0.3) is 0 Å². The number of benzene rings is 2. The van der Waals surface area contributed by atoms with Gasteiger partial charge >= 0.3 is 5.97 Å². The molecule has 1 fully saturated rings. The fraction of sp³-hybridized carbons (Fsp3) is 0.333. The maximum atomic E-state index is 12.1. The molecule has 2 aromatic rings. The Balaban J connectivity index is 1.37. The Hall–Kier alpha value is -2.92. The quantitative estimate of drug-likeness (QED) is 0.579. The van der Waals surface area contributed by atoms with E-state index in [9.17, 15) is 9.59 Å². The third-order valence-corrected chi connectivity index (χ3v) is 5.28. The molecule has 0 aromatic heterocycles. The van der Waals surface area contributed by atoms with Crippen molar-refractivity contribution in [1.29, 1.82) is 0 Å². The molecule has 5 heteroatoms. The van der Waals surface area contributed by atoms with Gasteiger partial charge in [0.2, 0.25) is 5.91 Å². The molecule has 152 valence electrons. The summed E-state index contributed by atoms with van der Waals surface area (Å²) in [6, 6.07) is 17.5. The monoisotopic (exact) mass is 392 g/mol. The van der Waals surface area contributed by atoms with E-state index in [0.717, 1.165) is 38.0 Å². The third-order valence-electron chi connectivity index (χ3n) is 5.28. The molecule has 2 aromatic carbocycles. The maximum Gasteiger partial charge on any atom is 0.337 e. The summed E-state index contributed by atoms with van der Waals surface area (Å²) in [5.74, 6) is 0.0700. The summed E-state index contributed by atoms with van der Waals surface area (Å²) in [4.78, 5) is 26.0. The molecule has 0 saturated carbocycles. The van der Waals surface area contributed by atoms with Crippen LogP contribution in [0, 0.1) is 5.92 Å². The first-order chi connectivity index (χ1) is 14.1. The molecule has 1 heterocycles. The van der Waals surface area contributed by atoms with Gasteiger partial charge < -0.3 is 10.1 Å². The Bertz CT molecular complexity index is 823. The molecule has 0 atom stereocenters. The van der Waals surface area contributed by atoms with E-state index < -0.39 is 0 Å². The van der Waals surface area contributed by atoms with Gasteiger partial charge in [-0.25, -0.2) is 4.79 Å². The third kappa shape index (κ3) is 6.57. The van der Waals surface area contributed by atoms with Crippen LogP contribution in [0.5, 0.6) is 0 Å². The average Bonchev–Trinajstić information content (AvgIpc) is 2.77. The smallest absolute Gasteiger partial charge is 0.337 e. The molecule has 3 rings (SSSR count). The summed E-state index contributed by atoms with van der Waals surface area (Å²) in [6.45, 7) is 3.84. The highest BCUT2D eigenvalue weighted by atomic mass is 16.5. The summed E-state index contributed by atoms with van der Waals surface area (Å²) >= 11 is 0. The van der Waals surface area contributed by atoms with Gasteiger partial charge in [-0.15, -0.1) is 0 Å². The molecule has 5 nitrogen and oxygen atoms in total. The second-order valence-corrected chi connectivity index (χ2v) is 7.40. The average molecular weight is 392 g/mol. The van der Waals surface area contributed by atoms with Crippen molar-refractivity contribution in [2.75, 3.05) is 26.7 Å². The molecule has 0 bridgehead atoms. The number of carbonyl (C=O) groups is 2. The molecular weight excluding hydrogens is 364 g/mol. The Labute approximate surface area is 172 Å². The number of amides is 1. The number of rotatable bonds is 7. The van der Waals surface area contributed by atoms with Crippen LogP contribution in [0.15, 0.2) is 60.7 Å². The summed E-state index contributed by atoms with van der Waals surface area (Å²) in [5.41, 5.74) is 2.71. The van der Waals surface area contributed by atoms with E-state index in [4.69, 9.17) is 0 Å². The molecular formula is C24H28N2O3. The van der Waals surface area contributed by atoms with Crippen LogP contribution in [-0.2, 0) is 16.1 Å². The van der Waals surface area contributed by atoms with Gasteiger partial charge in [-0.2, -0.15) is 0 Å². The van der Waals surface area contributed by atoms with Crippen molar-refractivity contribution in [2.45, 2.75) is 19.4 Å². The molecule has 0 spiro atoms. The minimum absolute atomic E-state index is 0.0891. The van der Waals surface area contributed by atoms with Crippen molar-refractivity contribution in [1.82, 2.24) is 10.2 Å². The van der Waals surface area contributed by atoms with Gasteiger partial charge in [0.15, 0.2) is 0 Å². The van der Waals surface area contributed by atoms with Crippen molar-refractivity contribution >= 4 is 18.0 Å². The number of hydrogen-bond acceptors (Lipinski definition) is 4. The molecule has 0 unspecified atom stereocenters. The molecule has 0 radical (unpaired) electrons. The standard InChI is InChI=1S/C24H28N2O3/c1-29-24(28)22-10-7-19(8-11-22)9-12-23(27)25-17-20-13-15-26(16-14-20)18-21-5-3-2-4-6-21/h2-12,20H,13-18H2,1H3,(H,25,27). The summed E-state index contributed by atoms with van der Waals surface area (Å²) in [6.07, 6.45) is 5.49. The maximum absolute atomic E-state index is 12.1. The van der Waals surface area contributed by atoms with Crippen molar-refractivity contribution < 1.29 is 14.3 Å². The lowest BCUT2D eigenvalue weighted by Gasteiger charge is -2.32. The molecule has 1 saturated heterocycles. The van der Waals surface area contributed by atoms with Crippen LogP contribution in [-0.4, -0.2) is 43.5 Å². The van der Waals surface area contributed by atoms with Crippen LogP contribution < -0.4 is 5.32 Å². The number of hydrogen-bond donors (Lipinski definition) is 1. The highest BCUT2D eigenvalue weighted by Gasteiger charge is 2.19. The number of ether oxygens (including phenoxy) is 1. The zero-order chi connectivity index (χ0) is 20.5. The largest absolute Gasteiger partial charge is 0.465 e. The molecule has 1 N–H and O–H groups in total. The number of carbonyl (C=O) groups excluding carboxylic acids is 2. The van der Waals surface area contributed by atoms with Gasteiger partial charge in [-0.1, -0.05) is 42.5 Å². The number of likely N-dealkylation sites (tertiary alicyclic amines) is 1. The lowest BCUT2D eigenvalue weighted by Crippen LogP contribution is -2.38. The van der Waals surface area contributed by atoms with Crippen LogP contribution in [0.2, 0.25) is 0 Å². The number of piperidine rings is 1. The van der Waals surface area contributed by atoms with Crippen LogP contribution in [0.4, 0.5) is 0 Å². The van der Waals surface area contributed by atoms with E-state index in [2.05, 4.69) is 39.2 Å². The topological polar surface area (TPSA) is 58.6 Å². The van der Waals surface area contributed by atoms with Crippen molar-refractivity contribution in [3.05, 3.63) is 77.4 Å². The lowest BCUT2D eigenvalue weighted by molar-refractivity contribution is -0.116. The zero-order valence-electron chi connectivity index (χ0n) is 16.8. The van der Waals surface area contributed by atoms with E-state index in [1.54, 1.807) is 30.3 Å². The Morgan fingerprint density at radius 3 is 2.41 bits per heavy atom. The van der Waals surface area contributed by atoms with E-state index in [-0.39, 0.29) is 11.9 Å². The highest BCUT2D eigenvalue weighted by Crippen LogP contribution is 2.18. The van der Waals surface area contributed by atoms with E-state index in [0.29, 0.717) is 18.0 Å². The van der Waals surface area contributed by atoms with Crippen LogP contribution >= 0.6 is 0 Å². The molecule has 1 aliphatic heterocycles. The minimum atomic E-state index is -0.368. The number of nitrogens with zero attached hydrogens (tertiary/aromatic N) is 1. The highest BCUT2D eigenvalue weighted by molar-refractivity contribution is 5.92. The molecule has 1 aliphatic rings. The number of esters is 1. The van der Waals surface area contributed by atoms with E-state index >= 15 is 0 Å². The van der Waals surface area contributed by atoms with Gasteiger partial charge in [0.05, 0.1) is 12.7 Å². The Morgan fingerprint density at radius 2 is 1.76 bits per heavy atom. The second-order valence-electron chi connectivity index (χ2n) is 7.40. The van der Waals surface area contributed by atoms with Crippen molar-refractivity contribution in [3.8, 4) is 0 Å². The normalized spacial score (nSPS) is 15.3. The second kappa shape index (κ2) is 10.6. The predicted octanol–water partition coefficient (Wildman–Crippen LogP) is 3.51. The summed E-state index contributed by atoms with van der Waals surface area (Å²) in [7, 11) is 1.35. The summed E-state index contributed by atoms with van der Waals surface area (Å²) in [5, 5.41) is 3.01. The van der Waals surface area contributed by atoms with E-state index in [1.165, 1.54) is 18.7 Å². The van der Waals surface area contributed by atoms with Crippen LogP contribution in [0.25, 0.3) is 6.08 Å². The fourth-order valence-electron chi connectivity index (χ4n) is 3.51. The SMILES string of the molecule is COC(=O)c1ccc(C=CC(=O)NCC2CCN(Cc3ccccc3)CC2)cc1. The van der Waals surface area contributed by atoms with Crippen LogP contribution in [0.1, 0.15) is 34.3 Å². The molecule has 1 amide bonds. The Kier molecular flexibility index (Phi) is 7.59. The fourth-order valence-corrected chi connectivity index (χ4v) is 3.51. The molecule has 29 heavy (non-hydrogen) atoms.